The van der Waals surface area contributed by atoms with Crippen molar-refractivity contribution in [2.24, 2.45) is 11.8 Å². The van der Waals surface area contributed by atoms with Gasteiger partial charge in [0.05, 0.1) is 12.1 Å². The summed E-state index contributed by atoms with van der Waals surface area (Å²) in [6, 6.07) is 7.82. The second-order valence-corrected chi connectivity index (χ2v) is 7.96. The van der Waals surface area contributed by atoms with Crippen molar-refractivity contribution >= 4 is 11.8 Å². The van der Waals surface area contributed by atoms with Crippen LogP contribution in [0.25, 0.3) is 0 Å². The van der Waals surface area contributed by atoms with Crippen LogP contribution in [0, 0.1) is 11.8 Å². The molecule has 2 heterocycles. The van der Waals surface area contributed by atoms with Gasteiger partial charge in [-0.05, 0) is 29.4 Å². The molecule has 0 saturated carbocycles. The zero-order valence-electron chi connectivity index (χ0n) is 17.0. The molecule has 150 valence electrons. The second kappa shape index (κ2) is 10.4. The fourth-order valence-electron chi connectivity index (χ4n) is 3.22. The van der Waals surface area contributed by atoms with E-state index in [9.17, 15) is 9.59 Å². The van der Waals surface area contributed by atoms with Crippen molar-refractivity contribution in [3.8, 4) is 0 Å². The smallest absolute Gasteiger partial charge is 0.237 e. The summed E-state index contributed by atoms with van der Waals surface area (Å²) in [6.07, 6.45) is 0.713. The Morgan fingerprint density at radius 2 is 1.11 bits per heavy atom. The summed E-state index contributed by atoms with van der Waals surface area (Å²) in [5.74, 6) is 0.419. The minimum atomic E-state index is -0.234. The molecule has 2 aliphatic rings. The van der Waals surface area contributed by atoms with Gasteiger partial charge in [-0.25, -0.2) is 0 Å². The number of carbonyl (C=O) groups excluding carboxylic acids is 2. The molecule has 2 aliphatic heterocycles. The van der Waals surface area contributed by atoms with Crippen molar-refractivity contribution in [3.05, 3.63) is 35.4 Å². The van der Waals surface area contributed by atoms with Crippen LogP contribution in [0.3, 0.4) is 0 Å². The lowest BCUT2D eigenvalue weighted by Gasteiger charge is -2.22. The maximum absolute atomic E-state index is 12.5. The minimum Gasteiger partial charge on any atom is -0.355 e. The van der Waals surface area contributed by atoms with Gasteiger partial charge in [-0.2, -0.15) is 0 Å². The van der Waals surface area contributed by atoms with E-state index < -0.39 is 0 Å². The highest BCUT2D eigenvalue weighted by Crippen LogP contribution is 2.09. The summed E-state index contributed by atoms with van der Waals surface area (Å²) in [4.78, 5) is 25.0. The topological polar surface area (TPSA) is 82.3 Å². The van der Waals surface area contributed by atoms with E-state index in [0.29, 0.717) is 32.6 Å². The first kappa shape index (κ1) is 21.4. The van der Waals surface area contributed by atoms with Crippen LogP contribution >= 0.6 is 0 Å². The fourth-order valence-corrected chi connectivity index (χ4v) is 3.22. The van der Waals surface area contributed by atoms with Crippen molar-refractivity contribution < 1.29 is 9.59 Å². The van der Waals surface area contributed by atoms with Crippen LogP contribution in [0.15, 0.2) is 24.3 Å². The molecule has 2 amide bonds. The summed E-state index contributed by atoms with van der Waals surface area (Å²) >= 11 is 0. The van der Waals surface area contributed by atoms with E-state index >= 15 is 0 Å². The molecule has 27 heavy (non-hydrogen) atoms. The predicted octanol–water partition coefficient (Wildman–Crippen LogP) is 1.55. The van der Waals surface area contributed by atoms with Crippen LogP contribution < -0.4 is 21.3 Å². The molecule has 2 atom stereocenters. The van der Waals surface area contributed by atoms with Gasteiger partial charge >= 0.3 is 0 Å². The molecule has 6 heteroatoms. The molecule has 0 spiro atoms. The Balaban J connectivity index is 2.13. The number of nitrogens with one attached hydrogen (secondary N) is 4. The highest BCUT2D eigenvalue weighted by Gasteiger charge is 2.23. The van der Waals surface area contributed by atoms with Crippen LogP contribution in [0.2, 0.25) is 0 Å². The third-order valence-electron chi connectivity index (χ3n) is 4.93. The van der Waals surface area contributed by atoms with Crippen LogP contribution in [0.1, 0.15) is 45.2 Å². The molecule has 0 unspecified atom stereocenters. The molecule has 0 radical (unpaired) electrons. The Morgan fingerprint density at radius 1 is 0.741 bits per heavy atom. The molecule has 3 rings (SSSR count). The van der Waals surface area contributed by atoms with Crippen LogP contribution in [0.5, 0.6) is 0 Å². The SMILES string of the molecule is CC(C)[C@@H]1NCc2ccc(cc2)CN[C@@H](C(C)C)C(=O)NCCCNC1=O. The van der Waals surface area contributed by atoms with Gasteiger partial charge in [0.1, 0.15) is 0 Å². The summed E-state index contributed by atoms with van der Waals surface area (Å²) in [5.41, 5.74) is 2.28. The number of hydrogen-bond acceptors (Lipinski definition) is 4. The van der Waals surface area contributed by atoms with Crippen LogP contribution in [0.4, 0.5) is 0 Å². The average molecular weight is 375 g/mol. The van der Waals surface area contributed by atoms with E-state index in [-0.39, 0.29) is 35.7 Å². The first-order valence-electron chi connectivity index (χ1n) is 9.98. The number of carbonyl (C=O) groups is 2. The monoisotopic (exact) mass is 374 g/mol. The number of rotatable bonds is 2. The average Bonchev–Trinajstić information content (AvgIpc) is 2.62. The Bertz CT molecular complexity index is 560. The highest BCUT2D eigenvalue weighted by atomic mass is 16.2. The molecule has 1 aromatic carbocycles. The second-order valence-electron chi connectivity index (χ2n) is 7.96. The van der Waals surface area contributed by atoms with E-state index in [0.717, 1.165) is 11.1 Å². The lowest BCUT2D eigenvalue weighted by atomic mass is 10.0. The largest absolute Gasteiger partial charge is 0.355 e. The Hall–Kier alpha value is -1.92. The molecule has 0 fully saturated rings. The fraction of sp³-hybridized carbons (Fsp3) is 0.619. The van der Waals surface area contributed by atoms with E-state index in [1.807, 2.05) is 27.7 Å². The number of fused-ring (bicyclic) bond motifs is 14. The van der Waals surface area contributed by atoms with E-state index in [2.05, 4.69) is 45.5 Å². The van der Waals surface area contributed by atoms with Gasteiger partial charge < -0.3 is 21.3 Å². The van der Waals surface area contributed by atoms with Gasteiger partial charge in [0.15, 0.2) is 0 Å². The van der Waals surface area contributed by atoms with Crippen molar-refractivity contribution in [1.82, 2.24) is 21.3 Å². The third kappa shape index (κ3) is 6.63. The molecule has 2 bridgehead atoms. The molecule has 4 N–H and O–H groups in total. The summed E-state index contributed by atoms with van der Waals surface area (Å²) < 4.78 is 0. The zero-order chi connectivity index (χ0) is 19.8. The third-order valence-corrected chi connectivity index (χ3v) is 4.93. The van der Waals surface area contributed by atoms with Gasteiger partial charge in [-0.1, -0.05) is 52.0 Å². The molecule has 1 aromatic rings. The van der Waals surface area contributed by atoms with E-state index in [4.69, 9.17) is 0 Å². The van der Waals surface area contributed by atoms with Crippen LogP contribution in [-0.4, -0.2) is 37.0 Å². The molecule has 0 saturated heterocycles. The van der Waals surface area contributed by atoms with Crippen molar-refractivity contribution in [2.45, 2.75) is 59.3 Å². The normalized spacial score (nSPS) is 23.2. The molecular formula is C21H34N4O2. The van der Waals surface area contributed by atoms with E-state index in [1.165, 1.54) is 0 Å². The Kier molecular flexibility index (Phi) is 8.25. The van der Waals surface area contributed by atoms with Crippen molar-refractivity contribution in [1.29, 1.82) is 0 Å². The first-order valence-corrected chi connectivity index (χ1v) is 9.98. The molecular weight excluding hydrogens is 340 g/mol. The van der Waals surface area contributed by atoms with Crippen molar-refractivity contribution in [3.63, 3.8) is 0 Å². The minimum absolute atomic E-state index is 0.0130. The van der Waals surface area contributed by atoms with Gasteiger partial charge in [-0.15, -0.1) is 0 Å². The number of amides is 2. The lowest BCUT2D eigenvalue weighted by molar-refractivity contribution is -0.124. The summed E-state index contributed by atoms with van der Waals surface area (Å²) in [6.45, 7) is 10.6. The van der Waals surface area contributed by atoms with Gasteiger partial charge in [0.25, 0.3) is 0 Å². The molecule has 0 aromatic heterocycles. The van der Waals surface area contributed by atoms with E-state index in [1.54, 1.807) is 0 Å². The first-order chi connectivity index (χ1) is 12.9. The van der Waals surface area contributed by atoms with Crippen LogP contribution in [-0.2, 0) is 22.7 Å². The maximum Gasteiger partial charge on any atom is 0.237 e. The highest BCUT2D eigenvalue weighted by molar-refractivity contribution is 5.82. The Morgan fingerprint density at radius 3 is 1.44 bits per heavy atom. The number of hydrogen-bond donors (Lipinski definition) is 4. The molecule has 0 aliphatic carbocycles. The van der Waals surface area contributed by atoms with Crippen molar-refractivity contribution in [2.75, 3.05) is 13.1 Å². The predicted molar refractivity (Wildman–Crippen MR) is 108 cm³/mol. The van der Waals surface area contributed by atoms with Gasteiger partial charge in [-0.3, -0.25) is 9.59 Å². The molecule has 6 nitrogen and oxygen atoms in total. The standard InChI is InChI=1S/C21H34N4O2/c1-14(2)18-20(26)22-10-5-11-23-21(27)19(15(3)4)25-13-17-8-6-16(7-9-17)12-24-18/h6-9,14-15,18-19,24-25H,5,10-13H2,1-4H3,(H,22,26)(H,23,27)/t18-,19-/m0/s1. The van der Waals surface area contributed by atoms with Gasteiger partial charge in [0.2, 0.25) is 11.8 Å². The quantitative estimate of drug-likeness (QED) is 0.633. The Labute approximate surface area is 162 Å². The number of benzene rings is 1. The maximum atomic E-state index is 12.5. The zero-order valence-corrected chi connectivity index (χ0v) is 17.0. The lowest BCUT2D eigenvalue weighted by Crippen LogP contribution is -2.48. The summed E-state index contributed by atoms with van der Waals surface area (Å²) in [5, 5.41) is 12.7. The summed E-state index contributed by atoms with van der Waals surface area (Å²) in [7, 11) is 0. The van der Waals surface area contributed by atoms with Gasteiger partial charge in [0, 0.05) is 26.2 Å².